The highest BCUT2D eigenvalue weighted by atomic mass is 19.1. The minimum atomic E-state index is -1.44. The van der Waals surface area contributed by atoms with E-state index in [4.69, 9.17) is 4.74 Å². The normalized spacial score (nSPS) is 25.6. The van der Waals surface area contributed by atoms with Gasteiger partial charge in [0.25, 0.3) is 0 Å². The van der Waals surface area contributed by atoms with Gasteiger partial charge >= 0.3 is 5.97 Å². The van der Waals surface area contributed by atoms with Crippen molar-refractivity contribution in [3.05, 3.63) is 65.5 Å². The second kappa shape index (κ2) is 9.70. The quantitative estimate of drug-likeness (QED) is 0.349. The van der Waals surface area contributed by atoms with Gasteiger partial charge < -0.3 is 4.74 Å². The smallest absolute Gasteiger partial charge is 0.327 e. The molecule has 0 bridgehead atoms. The number of rotatable bonds is 8. The first-order valence-corrected chi connectivity index (χ1v) is 11.9. The number of fused-ring (bicyclic) bond motifs is 1. The van der Waals surface area contributed by atoms with Crippen molar-refractivity contribution >= 4 is 29.3 Å². The maximum Gasteiger partial charge on any atom is 0.327 e. The van der Waals surface area contributed by atoms with Crippen LogP contribution in [0.25, 0.3) is 0 Å². The Bertz CT molecular complexity index is 1180. The average Bonchev–Trinajstić information content (AvgIpc) is 3.32. The minimum Gasteiger partial charge on any atom is -0.465 e. The lowest BCUT2D eigenvalue weighted by Gasteiger charge is -2.33. The summed E-state index contributed by atoms with van der Waals surface area (Å²) < 4.78 is 19.6. The molecule has 8 heteroatoms. The minimum absolute atomic E-state index is 0.114. The summed E-state index contributed by atoms with van der Waals surface area (Å²) in [5.41, 5.74) is -0.327. The molecular weight excluding hydrogens is 451 g/mol. The van der Waals surface area contributed by atoms with Gasteiger partial charge in [-0.1, -0.05) is 44.0 Å². The zero-order chi connectivity index (χ0) is 25.3. The summed E-state index contributed by atoms with van der Waals surface area (Å²) in [6, 6.07) is 11.4. The summed E-state index contributed by atoms with van der Waals surface area (Å²) in [5, 5.41) is 3.27. The Labute approximate surface area is 203 Å². The van der Waals surface area contributed by atoms with Crippen LogP contribution in [0.3, 0.4) is 0 Å². The molecule has 4 atom stereocenters. The van der Waals surface area contributed by atoms with E-state index in [2.05, 4.69) is 5.32 Å². The number of imide groups is 1. The van der Waals surface area contributed by atoms with E-state index in [9.17, 15) is 23.6 Å². The van der Waals surface area contributed by atoms with Crippen molar-refractivity contribution in [2.75, 3.05) is 11.5 Å². The van der Waals surface area contributed by atoms with Crippen molar-refractivity contribution in [3.8, 4) is 0 Å². The van der Waals surface area contributed by atoms with E-state index in [-0.39, 0.29) is 24.5 Å². The Morgan fingerprint density at radius 1 is 1.09 bits per heavy atom. The second-order valence-electron chi connectivity index (χ2n) is 9.09. The standard InChI is InChI=1S/C27H29FN2O5/c1-4-6-13-27(26(34)35-5-2)22-21(23(29-27)18-10-7-11-19(28)14-18)24(32)30(25(22)33)20-12-8-9-17(15-20)16(3)31/h7-12,14-15,21-23,29H,4-6,13H2,1-3H3/t21-,22+,23-,27+/m0/s1. The van der Waals surface area contributed by atoms with Crippen LogP contribution < -0.4 is 10.2 Å². The summed E-state index contributed by atoms with van der Waals surface area (Å²) in [6.45, 7) is 5.17. The number of carbonyl (C=O) groups excluding carboxylic acids is 4. The van der Waals surface area contributed by atoms with E-state index in [1.165, 1.54) is 31.2 Å². The fourth-order valence-corrected chi connectivity index (χ4v) is 5.34. The second-order valence-corrected chi connectivity index (χ2v) is 9.09. The summed E-state index contributed by atoms with van der Waals surface area (Å²) in [5.74, 6) is -4.27. The van der Waals surface area contributed by atoms with Crippen molar-refractivity contribution in [1.29, 1.82) is 0 Å². The molecule has 2 fully saturated rings. The largest absolute Gasteiger partial charge is 0.465 e. The van der Waals surface area contributed by atoms with Crippen LogP contribution in [0.4, 0.5) is 10.1 Å². The van der Waals surface area contributed by atoms with E-state index < -0.39 is 47.0 Å². The predicted molar refractivity (Wildman–Crippen MR) is 127 cm³/mol. The Balaban J connectivity index is 1.87. The summed E-state index contributed by atoms with van der Waals surface area (Å²) in [4.78, 5) is 54.1. The van der Waals surface area contributed by atoms with Gasteiger partial charge in [-0.05, 0) is 50.1 Å². The predicted octanol–water partition coefficient (Wildman–Crippen LogP) is 3.97. The maximum atomic E-state index is 14.2. The topological polar surface area (TPSA) is 92.8 Å². The molecule has 0 aromatic heterocycles. The zero-order valence-corrected chi connectivity index (χ0v) is 20.0. The molecule has 0 unspecified atom stereocenters. The first-order valence-electron chi connectivity index (χ1n) is 11.9. The summed E-state index contributed by atoms with van der Waals surface area (Å²) >= 11 is 0. The lowest BCUT2D eigenvalue weighted by Crippen LogP contribution is -2.56. The number of halogens is 1. The average molecular weight is 481 g/mol. The van der Waals surface area contributed by atoms with E-state index in [1.54, 1.807) is 31.2 Å². The van der Waals surface area contributed by atoms with Crippen molar-refractivity contribution in [2.45, 2.75) is 51.6 Å². The summed E-state index contributed by atoms with van der Waals surface area (Å²) in [6.07, 6.45) is 1.67. The molecular formula is C27H29FN2O5. The van der Waals surface area contributed by atoms with E-state index >= 15 is 0 Å². The fraction of sp³-hybridized carbons (Fsp3) is 0.407. The fourth-order valence-electron chi connectivity index (χ4n) is 5.34. The van der Waals surface area contributed by atoms with Gasteiger partial charge in [0, 0.05) is 11.6 Å². The van der Waals surface area contributed by atoms with Crippen LogP contribution in [0.2, 0.25) is 0 Å². The first-order chi connectivity index (χ1) is 16.7. The Morgan fingerprint density at radius 3 is 2.49 bits per heavy atom. The van der Waals surface area contributed by atoms with Gasteiger partial charge in [-0.2, -0.15) is 0 Å². The van der Waals surface area contributed by atoms with Crippen molar-refractivity contribution in [3.63, 3.8) is 0 Å². The van der Waals surface area contributed by atoms with E-state index in [1.807, 2.05) is 6.92 Å². The molecule has 1 N–H and O–H groups in total. The molecule has 7 nitrogen and oxygen atoms in total. The van der Waals surface area contributed by atoms with E-state index in [0.29, 0.717) is 17.5 Å². The number of Topliss-reactive ketones (excluding diaryl/α,β-unsaturated/α-hetero) is 1. The monoisotopic (exact) mass is 480 g/mol. The Kier molecular flexibility index (Phi) is 6.85. The highest BCUT2D eigenvalue weighted by Crippen LogP contribution is 2.51. The highest BCUT2D eigenvalue weighted by Gasteiger charge is 2.68. The molecule has 2 aliphatic rings. The third-order valence-electron chi connectivity index (χ3n) is 6.94. The van der Waals surface area contributed by atoms with Crippen LogP contribution >= 0.6 is 0 Å². The molecule has 184 valence electrons. The highest BCUT2D eigenvalue weighted by molar-refractivity contribution is 6.24. The van der Waals surface area contributed by atoms with Gasteiger partial charge in [-0.3, -0.25) is 24.5 Å². The molecule has 2 heterocycles. The van der Waals surface area contributed by atoms with Crippen LogP contribution in [-0.4, -0.2) is 35.7 Å². The van der Waals surface area contributed by atoms with Crippen LogP contribution in [0.15, 0.2) is 48.5 Å². The number of nitrogens with one attached hydrogen (secondary N) is 1. The molecule has 2 aromatic rings. The number of nitrogens with zero attached hydrogens (tertiary/aromatic N) is 1. The number of benzene rings is 2. The Morgan fingerprint density at radius 2 is 1.83 bits per heavy atom. The number of ketones is 1. The number of hydrogen-bond acceptors (Lipinski definition) is 6. The van der Waals surface area contributed by atoms with Crippen molar-refractivity contribution in [1.82, 2.24) is 5.32 Å². The maximum absolute atomic E-state index is 14.2. The number of carbonyl (C=O) groups is 4. The molecule has 2 aliphatic heterocycles. The Hall–Kier alpha value is -3.39. The molecule has 35 heavy (non-hydrogen) atoms. The molecule has 0 saturated carbocycles. The first kappa shape index (κ1) is 24.7. The van der Waals surface area contributed by atoms with Gasteiger partial charge in [0.1, 0.15) is 11.4 Å². The molecule has 0 spiro atoms. The van der Waals surface area contributed by atoms with Gasteiger partial charge in [0.15, 0.2) is 5.78 Å². The number of esters is 1. The van der Waals surface area contributed by atoms with Crippen LogP contribution in [0.1, 0.15) is 62.0 Å². The molecule has 2 amide bonds. The molecule has 2 saturated heterocycles. The molecule has 0 radical (unpaired) electrons. The molecule has 0 aliphatic carbocycles. The molecule has 2 aromatic carbocycles. The van der Waals surface area contributed by atoms with Gasteiger partial charge in [-0.25, -0.2) is 9.29 Å². The number of hydrogen-bond donors (Lipinski definition) is 1. The third kappa shape index (κ3) is 4.16. The van der Waals surface area contributed by atoms with Crippen LogP contribution in [0, 0.1) is 17.7 Å². The number of anilines is 1. The van der Waals surface area contributed by atoms with Gasteiger partial charge in [0.2, 0.25) is 11.8 Å². The SMILES string of the molecule is CCCC[C@@]1(C(=O)OCC)N[C@@H](c2cccc(F)c2)[C@H]2C(=O)N(c3cccc(C(C)=O)c3)C(=O)[C@@H]21. The van der Waals surface area contributed by atoms with E-state index in [0.717, 1.165) is 11.3 Å². The molecule has 4 rings (SSSR count). The lowest BCUT2D eigenvalue weighted by molar-refractivity contribution is -0.155. The van der Waals surface area contributed by atoms with Crippen LogP contribution in [-0.2, 0) is 19.1 Å². The third-order valence-corrected chi connectivity index (χ3v) is 6.94. The van der Waals surface area contributed by atoms with Crippen LogP contribution in [0.5, 0.6) is 0 Å². The number of ether oxygens (including phenoxy) is 1. The lowest BCUT2D eigenvalue weighted by atomic mass is 9.76. The zero-order valence-electron chi connectivity index (χ0n) is 20.0. The number of amides is 2. The number of unbranched alkanes of at least 4 members (excludes halogenated alkanes) is 1. The van der Waals surface area contributed by atoms with Crippen molar-refractivity contribution < 1.29 is 28.3 Å². The summed E-state index contributed by atoms with van der Waals surface area (Å²) in [7, 11) is 0. The van der Waals surface area contributed by atoms with Crippen molar-refractivity contribution in [2.24, 2.45) is 11.8 Å². The van der Waals surface area contributed by atoms with Gasteiger partial charge in [0.05, 0.1) is 24.1 Å². The van der Waals surface area contributed by atoms with Gasteiger partial charge in [-0.15, -0.1) is 0 Å².